The SMILES string of the molecule is O=C(COC(=O)c1ccc(N2CCOCC2)c([N+](=O)[O-])c1)Nc1nc(-c2ccccc2)cs1. The summed E-state index contributed by atoms with van der Waals surface area (Å²) in [6, 6.07) is 13.6. The highest BCUT2D eigenvalue weighted by Crippen LogP contribution is 2.30. The van der Waals surface area contributed by atoms with Crippen LogP contribution < -0.4 is 10.2 Å². The standard InChI is InChI=1S/C22H20N4O6S/c27-20(24-22-23-17(14-33-22)15-4-2-1-3-5-15)13-32-21(28)16-6-7-18(19(12-16)26(29)30)25-8-10-31-11-9-25/h1-7,12,14H,8-11,13H2,(H,23,24,27). The minimum absolute atomic E-state index is 0.00729. The minimum atomic E-state index is -0.828. The molecule has 33 heavy (non-hydrogen) atoms. The molecule has 170 valence electrons. The van der Waals surface area contributed by atoms with E-state index in [9.17, 15) is 19.7 Å². The van der Waals surface area contributed by atoms with Crippen molar-refractivity contribution in [2.24, 2.45) is 0 Å². The summed E-state index contributed by atoms with van der Waals surface area (Å²) in [5, 5.41) is 16.3. The van der Waals surface area contributed by atoms with E-state index in [1.54, 1.807) is 0 Å². The molecule has 0 saturated carbocycles. The van der Waals surface area contributed by atoms with E-state index in [-0.39, 0.29) is 11.3 Å². The summed E-state index contributed by atoms with van der Waals surface area (Å²) in [7, 11) is 0. The zero-order chi connectivity index (χ0) is 23.2. The normalized spacial score (nSPS) is 13.4. The molecule has 0 unspecified atom stereocenters. The van der Waals surface area contributed by atoms with Gasteiger partial charge in [0.2, 0.25) is 0 Å². The zero-order valence-electron chi connectivity index (χ0n) is 17.4. The molecule has 11 heteroatoms. The summed E-state index contributed by atoms with van der Waals surface area (Å²) < 4.78 is 10.3. The fourth-order valence-corrected chi connectivity index (χ4v) is 4.05. The molecule has 0 radical (unpaired) electrons. The van der Waals surface area contributed by atoms with E-state index in [4.69, 9.17) is 9.47 Å². The molecular formula is C22H20N4O6S. The summed E-state index contributed by atoms with van der Waals surface area (Å²) in [6.45, 7) is 1.45. The number of carbonyl (C=O) groups excluding carboxylic acids is 2. The number of nitro benzene ring substituents is 1. The Morgan fingerprint density at radius 2 is 1.94 bits per heavy atom. The first-order valence-electron chi connectivity index (χ1n) is 10.1. The van der Waals surface area contributed by atoms with E-state index in [0.29, 0.717) is 37.1 Å². The summed E-state index contributed by atoms with van der Waals surface area (Å²) in [5.74, 6) is -1.39. The van der Waals surface area contributed by atoms with E-state index in [0.717, 1.165) is 17.3 Å². The maximum absolute atomic E-state index is 12.4. The Bertz CT molecular complexity index is 1160. The lowest BCUT2D eigenvalue weighted by Gasteiger charge is -2.28. The van der Waals surface area contributed by atoms with Crippen molar-refractivity contribution < 1.29 is 24.0 Å². The number of morpholine rings is 1. The van der Waals surface area contributed by atoms with Crippen molar-refractivity contribution in [3.8, 4) is 11.3 Å². The van der Waals surface area contributed by atoms with Gasteiger partial charge in [0.05, 0.1) is 29.4 Å². The third kappa shape index (κ3) is 5.51. The fraction of sp³-hybridized carbons (Fsp3) is 0.227. The van der Waals surface area contributed by atoms with Crippen LogP contribution in [0, 0.1) is 10.1 Å². The van der Waals surface area contributed by atoms with Gasteiger partial charge < -0.3 is 14.4 Å². The Balaban J connectivity index is 1.36. The van der Waals surface area contributed by atoms with Gasteiger partial charge in [0, 0.05) is 30.1 Å². The number of nitro groups is 1. The Morgan fingerprint density at radius 1 is 1.18 bits per heavy atom. The van der Waals surface area contributed by atoms with Crippen LogP contribution in [0.4, 0.5) is 16.5 Å². The van der Waals surface area contributed by atoms with Crippen molar-refractivity contribution in [1.82, 2.24) is 4.98 Å². The molecule has 0 bridgehead atoms. The number of rotatable bonds is 7. The van der Waals surface area contributed by atoms with Gasteiger partial charge in [-0.25, -0.2) is 9.78 Å². The molecule has 1 aromatic heterocycles. The lowest BCUT2D eigenvalue weighted by Crippen LogP contribution is -2.36. The summed E-state index contributed by atoms with van der Waals surface area (Å²) >= 11 is 1.25. The van der Waals surface area contributed by atoms with Crippen molar-refractivity contribution >= 4 is 39.7 Å². The highest BCUT2D eigenvalue weighted by molar-refractivity contribution is 7.14. The molecule has 0 aliphatic carbocycles. The summed E-state index contributed by atoms with van der Waals surface area (Å²) in [6.07, 6.45) is 0. The Kier molecular flexibility index (Phi) is 6.91. The van der Waals surface area contributed by atoms with Gasteiger partial charge in [0.1, 0.15) is 5.69 Å². The largest absolute Gasteiger partial charge is 0.452 e. The molecule has 0 atom stereocenters. The third-order valence-corrected chi connectivity index (χ3v) is 5.67. The second-order valence-corrected chi connectivity index (χ2v) is 7.95. The van der Waals surface area contributed by atoms with Crippen LogP contribution in [-0.2, 0) is 14.3 Å². The Morgan fingerprint density at radius 3 is 2.67 bits per heavy atom. The number of esters is 1. The molecule has 1 N–H and O–H groups in total. The fourth-order valence-electron chi connectivity index (χ4n) is 3.31. The Hall–Kier alpha value is -3.83. The number of benzene rings is 2. The Labute approximate surface area is 192 Å². The first-order valence-corrected chi connectivity index (χ1v) is 11.0. The van der Waals surface area contributed by atoms with Crippen LogP contribution >= 0.6 is 11.3 Å². The number of aromatic nitrogens is 1. The molecule has 2 heterocycles. The number of ether oxygens (including phenoxy) is 2. The van der Waals surface area contributed by atoms with Gasteiger partial charge >= 0.3 is 5.97 Å². The number of carbonyl (C=O) groups is 2. The second-order valence-electron chi connectivity index (χ2n) is 7.09. The average molecular weight is 468 g/mol. The first kappa shape index (κ1) is 22.4. The van der Waals surface area contributed by atoms with E-state index < -0.39 is 23.4 Å². The van der Waals surface area contributed by atoms with Crippen LogP contribution in [0.3, 0.4) is 0 Å². The maximum Gasteiger partial charge on any atom is 0.338 e. The van der Waals surface area contributed by atoms with Crippen molar-refractivity contribution in [2.45, 2.75) is 0 Å². The lowest BCUT2D eigenvalue weighted by atomic mass is 10.1. The van der Waals surface area contributed by atoms with Crippen LogP contribution in [0.2, 0.25) is 0 Å². The smallest absolute Gasteiger partial charge is 0.338 e. The van der Waals surface area contributed by atoms with Crippen molar-refractivity contribution in [3.63, 3.8) is 0 Å². The molecule has 4 rings (SSSR count). The second kappa shape index (κ2) is 10.2. The third-order valence-electron chi connectivity index (χ3n) is 4.91. The minimum Gasteiger partial charge on any atom is -0.452 e. The summed E-state index contributed by atoms with van der Waals surface area (Å²) in [4.78, 5) is 41.7. The van der Waals surface area contributed by atoms with Gasteiger partial charge in [-0.2, -0.15) is 0 Å². The number of hydrogen-bond acceptors (Lipinski definition) is 9. The zero-order valence-corrected chi connectivity index (χ0v) is 18.2. The summed E-state index contributed by atoms with van der Waals surface area (Å²) in [5.41, 5.74) is 1.85. The molecule has 10 nitrogen and oxygen atoms in total. The first-order chi connectivity index (χ1) is 16.0. The predicted molar refractivity (Wildman–Crippen MR) is 123 cm³/mol. The number of hydrogen-bond donors (Lipinski definition) is 1. The molecule has 1 fully saturated rings. The number of nitrogens with one attached hydrogen (secondary N) is 1. The predicted octanol–water partition coefficient (Wildman–Crippen LogP) is 3.35. The van der Waals surface area contributed by atoms with Crippen LogP contribution in [0.5, 0.6) is 0 Å². The van der Waals surface area contributed by atoms with E-state index in [1.807, 2.05) is 40.6 Å². The van der Waals surface area contributed by atoms with Crippen molar-refractivity contribution in [3.05, 3.63) is 69.6 Å². The van der Waals surface area contributed by atoms with Crippen LogP contribution in [0.1, 0.15) is 10.4 Å². The van der Waals surface area contributed by atoms with Gasteiger partial charge in [0.25, 0.3) is 11.6 Å². The number of nitrogens with zero attached hydrogens (tertiary/aromatic N) is 3. The number of amides is 1. The van der Waals surface area contributed by atoms with Crippen LogP contribution in [0.15, 0.2) is 53.9 Å². The van der Waals surface area contributed by atoms with Gasteiger partial charge in [0.15, 0.2) is 11.7 Å². The van der Waals surface area contributed by atoms with E-state index in [2.05, 4.69) is 10.3 Å². The topological polar surface area (TPSA) is 124 Å². The van der Waals surface area contributed by atoms with E-state index >= 15 is 0 Å². The van der Waals surface area contributed by atoms with Gasteiger partial charge in [-0.1, -0.05) is 30.3 Å². The monoisotopic (exact) mass is 468 g/mol. The quantitative estimate of drug-likeness (QED) is 0.318. The molecule has 0 spiro atoms. The molecule has 1 aliphatic rings. The molecule has 1 aliphatic heterocycles. The van der Waals surface area contributed by atoms with Gasteiger partial charge in [-0.05, 0) is 12.1 Å². The van der Waals surface area contributed by atoms with Crippen molar-refractivity contribution in [1.29, 1.82) is 0 Å². The molecule has 1 saturated heterocycles. The molecule has 1 amide bonds. The maximum atomic E-state index is 12.4. The molecular weight excluding hydrogens is 448 g/mol. The van der Waals surface area contributed by atoms with Crippen LogP contribution in [-0.4, -0.2) is 54.7 Å². The highest BCUT2D eigenvalue weighted by Gasteiger charge is 2.24. The average Bonchev–Trinajstić information content (AvgIpc) is 3.31. The lowest BCUT2D eigenvalue weighted by molar-refractivity contribution is -0.384. The van der Waals surface area contributed by atoms with Gasteiger partial charge in [-0.15, -0.1) is 11.3 Å². The van der Waals surface area contributed by atoms with Gasteiger partial charge in [-0.3, -0.25) is 20.2 Å². The van der Waals surface area contributed by atoms with Crippen LogP contribution in [0.25, 0.3) is 11.3 Å². The highest BCUT2D eigenvalue weighted by atomic mass is 32.1. The number of anilines is 2. The van der Waals surface area contributed by atoms with E-state index in [1.165, 1.54) is 23.5 Å². The number of thiazole rings is 1. The molecule has 2 aromatic carbocycles. The molecule has 3 aromatic rings. The van der Waals surface area contributed by atoms with Crippen molar-refractivity contribution in [2.75, 3.05) is 43.1 Å².